The van der Waals surface area contributed by atoms with Gasteiger partial charge in [-0.1, -0.05) is 0 Å². The van der Waals surface area contributed by atoms with Crippen LogP contribution in [0.25, 0.3) is 0 Å². The average Bonchev–Trinajstić information content (AvgIpc) is 2.33. The summed E-state index contributed by atoms with van der Waals surface area (Å²) >= 11 is 3.48. The molecule has 4 heteroatoms. The van der Waals surface area contributed by atoms with Crippen LogP contribution in [-0.2, 0) is 4.74 Å². The van der Waals surface area contributed by atoms with E-state index in [1.54, 1.807) is 0 Å². The zero-order valence-corrected chi connectivity index (χ0v) is 10.1. The maximum absolute atomic E-state index is 5.46. The fourth-order valence-electron chi connectivity index (χ4n) is 1.31. The first-order chi connectivity index (χ1) is 6.07. The highest BCUT2D eigenvalue weighted by atomic mass is 79.9. The Labute approximate surface area is 87.2 Å². The molecule has 0 aromatic carbocycles. The van der Waals surface area contributed by atoms with Gasteiger partial charge in [-0.05, 0) is 43.6 Å². The molecule has 1 unspecified atom stereocenters. The minimum Gasteiger partial charge on any atom is -0.357 e. The topological polar surface area (TPSA) is 27.1 Å². The number of ether oxygens (including phenoxy) is 1. The van der Waals surface area contributed by atoms with E-state index in [2.05, 4.69) is 21.0 Å². The lowest BCUT2D eigenvalue weighted by atomic mass is 10.4. The number of halogens is 1. The molecule has 1 atom stereocenters. The monoisotopic (exact) mass is 246 g/mol. The SMILES string of the molecule is CCOC(C)n1nc(C)c(Br)c1C. The Morgan fingerprint density at radius 3 is 2.54 bits per heavy atom. The summed E-state index contributed by atoms with van der Waals surface area (Å²) in [5, 5.41) is 4.37. The largest absolute Gasteiger partial charge is 0.357 e. The van der Waals surface area contributed by atoms with Crippen molar-refractivity contribution in [3.63, 3.8) is 0 Å². The zero-order valence-electron chi connectivity index (χ0n) is 8.47. The van der Waals surface area contributed by atoms with Gasteiger partial charge in [0.05, 0.1) is 15.9 Å². The van der Waals surface area contributed by atoms with Gasteiger partial charge >= 0.3 is 0 Å². The van der Waals surface area contributed by atoms with E-state index in [0.29, 0.717) is 6.61 Å². The predicted molar refractivity (Wildman–Crippen MR) is 55.7 cm³/mol. The van der Waals surface area contributed by atoms with Crippen LogP contribution in [0.15, 0.2) is 4.47 Å². The van der Waals surface area contributed by atoms with Crippen LogP contribution >= 0.6 is 15.9 Å². The number of hydrogen-bond donors (Lipinski definition) is 0. The molecular weight excluding hydrogens is 232 g/mol. The summed E-state index contributed by atoms with van der Waals surface area (Å²) in [5.41, 5.74) is 2.11. The summed E-state index contributed by atoms with van der Waals surface area (Å²) in [5.74, 6) is 0. The van der Waals surface area contributed by atoms with E-state index >= 15 is 0 Å². The van der Waals surface area contributed by atoms with Gasteiger partial charge in [-0.2, -0.15) is 5.10 Å². The molecule has 1 rings (SSSR count). The van der Waals surface area contributed by atoms with Gasteiger partial charge < -0.3 is 4.74 Å². The van der Waals surface area contributed by atoms with Crippen LogP contribution in [0.5, 0.6) is 0 Å². The molecule has 13 heavy (non-hydrogen) atoms. The highest BCUT2D eigenvalue weighted by Crippen LogP contribution is 2.22. The van der Waals surface area contributed by atoms with Gasteiger partial charge in [0.1, 0.15) is 6.23 Å². The summed E-state index contributed by atoms with van der Waals surface area (Å²) in [6, 6.07) is 0. The van der Waals surface area contributed by atoms with Gasteiger partial charge in [-0.25, -0.2) is 4.68 Å². The number of aryl methyl sites for hydroxylation is 1. The van der Waals surface area contributed by atoms with Crippen molar-refractivity contribution in [2.45, 2.75) is 33.9 Å². The van der Waals surface area contributed by atoms with Crippen molar-refractivity contribution in [3.8, 4) is 0 Å². The van der Waals surface area contributed by atoms with Crippen molar-refractivity contribution in [1.29, 1.82) is 0 Å². The minimum atomic E-state index is 0.00926. The Kier molecular flexibility index (Phi) is 3.50. The van der Waals surface area contributed by atoms with Crippen LogP contribution in [0.4, 0.5) is 0 Å². The maximum Gasteiger partial charge on any atom is 0.147 e. The molecule has 3 nitrogen and oxygen atoms in total. The van der Waals surface area contributed by atoms with E-state index < -0.39 is 0 Å². The van der Waals surface area contributed by atoms with Crippen LogP contribution in [0.2, 0.25) is 0 Å². The number of rotatable bonds is 3. The van der Waals surface area contributed by atoms with Crippen molar-refractivity contribution in [2.24, 2.45) is 0 Å². The third-order valence-corrected chi connectivity index (χ3v) is 3.14. The Morgan fingerprint density at radius 1 is 1.54 bits per heavy atom. The maximum atomic E-state index is 5.46. The van der Waals surface area contributed by atoms with E-state index in [-0.39, 0.29) is 6.23 Å². The first-order valence-corrected chi connectivity index (χ1v) is 5.20. The molecule has 0 bridgehead atoms. The number of nitrogens with zero attached hydrogens (tertiary/aromatic N) is 2. The van der Waals surface area contributed by atoms with Gasteiger partial charge in [-0.3, -0.25) is 0 Å². The van der Waals surface area contributed by atoms with Crippen molar-refractivity contribution in [3.05, 3.63) is 15.9 Å². The molecule has 1 heterocycles. The normalized spacial score (nSPS) is 13.3. The van der Waals surface area contributed by atoms with Crippen LogP contribution in [0.3, 0.4) is 0 Å². The lowest BCUT2D eigenvalue weighted by Gasteiger charge is -2.13. The molecule has 0 aliphatic rings. The molecule has 0 saturated carbocycles. The quantitative estimate of drug-likeness (QED) is 0.821. The van der Waals surface area contributed by atoms with Gasteiger partial charge in [0.15, 0.2) is 0 Å². The second-order valence-electron chi connectivity index (χ2n) is 2.98. The Balaban J connectivity index is 2.94. The summed E-state index contributed by atoms with van der Waals surface area (Å²) in [7, 11) is 0. The molecule has 1 aromatic rings. The van der Waals surface area contributed by atoms with E-state index in [1.807, 2.05) is 32.4 Å². The summed E-state index contributed by atoms with van der Waals surface area (Å²) in [6.45, 7) is 8.69. The fraction of sp³-hybridized carbons (Fsp3) is 0.667. The Bertz CT molecular complexity index is 296. The standard InChI is InChI=1S/C9H15BrN2O/c1-5-13-8(4)12-7(3)9(10)6(2)11-12/h8H,5H2,1-4H3. The Hall–Kier alpha value is -0.350. The lowest BCUT2D eigenvalue weighted by molar-refractivity contribution is 0.0143. The summed E-state index contributed by atoms with van der Waals surface area (Å²) in [6.07, 6.45) is 0.00926. The zero-order chi connectivity index (χ0) is 10.0. The third kappa shape index (κ3) is 2.11. The lowest BCUT2D eigenvalue weighted by Crippen LogP contribution is -2.12. The minimum absolute atomic E-state index is 0.00926. The second-order valence-corrected chi connectivity index (χ2v) is 3.78. The van der Waals surface area contributed by atoms with Crippen LogP contribution in [0, 0.1) is 13.8 Å². The highest BCUT2D eigenvalue weighted by molar-refractivity contribution is 9.10. The molecule has 0 fully saturated rings. The van der Waals surface area contributed by atoms with Gasteiger partial charge in [-0.15, -0.1) is 0 Å². The van der Waals surface area contributed by atoms with Crippen molar-refractivity contribution < 1.29 is 4.74 Å². The third-order valence-electron chi connectivity index (χ3n) is 1.99. The molecule has 74 valence electrons. The fourth-order valence-corrected chi connectivity index (χ4v) is 1.57. The van der Waals surface area contributed by atoms with E-state index in [4.69, 9.17) is 4.74 Å². The molecule has 1 aromatic heterocycles. The molecule has 0 saturated heterocycles. The molecule has 0 aliphatic heterocycles. The predicted octanol–water partition coefficient (Wildman–Crippen LogP) is 2.82. The number of hydrogen-bond acceptors (Lipinski definition) is 2. The first kappa shape index (κ1) is 10.7. The second kappa shape index (κ2) is 4.24. The van der Waals surface area contributed by atoms with Crippen molar-refractivity contribution >= 4 is 15.9 Å². The molecule has 0 aliphatic carbocycles. The molecule has 0 spiro atoms. The summed E-state index contributed by atoms with van der Waals surface area (Å²) < 4.78 is 8.42. The number of aromatic nitrogens is 2. The van der Waals surface area contributed by atoms with Crippen molar-refractivity contribution in [1.82, 2.24) is 9.78 Å². The van der Waals surface area contributed by atoms with Gasteiger partial charge in [0.2, 0.25) is 0 Å². The smallest absolute Gasteiger partial charge is 0.147 e. The molecule has 0 radical (unpaired) electrons. The van der Waals surface area contributed by atoms with Crippen LogP contribution < -0.4 is 0 Å². The van der Waals surface area contributed by atoms with Crippen LogP contribution in [-0.4, -0.2) is 16.4 Å². The van der Waals surface area contributed by atoms with Gasteiger partial charge in [0, 0.05) is 6.61 Å². The Morgan fingerprint density at radius 2 is 2.15 bits per heavy atom. The van der Waals surface area contributed by atoms with E-state index in [0.717, 1.165) is 15.9 Å². The van der Waals surface area contributed by atoms with E-state index in [9.17, 15) is 0 Å². The highest BCUT2D eigenvalue weighted by Gasteiger charge is 2.13. The van der Waals surface area contributed by atoms with E-state index in [1.165, 1.54) is 0 Å². The molecular formula is C9H15BrN2O. The van der Waals surface area contributed by atoms with Gasteiger partial charge in [0.25, 0.3) is 0 Å². The summed E-state index contributed by atoms with van der Waals surface area (Å²) in [4.78, 5) is 0. The first-order valence-electron chi connectivity index (χ1n) is 4.40. The molecule has 0 N–H and O–H groups in total. The molecule has 0 amide bonds. The van der Waals surface area contributed by atoms with Crippen LogP contribution in [0.1, 0.15) is 31.5 Å². The van der Waals surface area contributed by atoms with Crippen molar-refractivity contribution in [2.75, 3.05) is 6.61 Å². The average molecular weight is 247 g/mol.